The number of carbonyl (C=O) groups is 1. The quantitative estimate of drug-likeness (QED) is 0.457. The fourth-order valence-electron chi connectivity index (χ4n) is 0.391. The lowest BCUT2D eigenvalue weighted by Gasteiger charge is -1.91. The van der Waals surface area contributed by atoms with Gasteiger partial charge in [-0.3, -0.25) is 14.9 Å². The first-order valence-corrected chi connectivity index (χ1v) is 2.91. The van der Waals surface area contributed by atoms with Crippen LogP contribution in [-0.2, 0) is 9.08 Å². The highest BCUT2D eigenvalue weighted by Gasteiger charge is 2.03. The number of hydrogen-bond acceptors (Lipinski definition) is 4. The van der Waals surface area contributed by atoms with Gasteiger partial charge in [0.2, 0.25) is 6.54 Å². The summed E-state index contributed by atoms with van der Waals surface area (Å²) in [5.41, 5.74) is 0. The van der Waals surface area contributed by atoms with E-state index in [0.29, 0.717) is 0 Å². The highest BCUT2D eigenvalue weighted by atomic mass is 35.5. The average Bonchev–Trinajstić information content (AvgIpc) is 1.87. The number of rotatable bonds is 4. The molecule has 0 spiro atoms. The van der Waals surface area contributed by atoms with Gasteiger partial charge in [0.05, 0.1) is 6.42 Å². The second-order valence-electron chi connectivity index (χ2n) is 1.61. The van der Waals surface area contributed by atoms with E-state index >= 15 is 0 Å². The normalized spacial score (nSPS) is 8.90. The molecule has 0 aliphatic heterocycles. The maximum atomic E-state index is 10.2. The Morgan fingerprint density at radius 1 is 1.70 bits per heavy atom. The molecule has 0 rings (SSSR count). The molecule has 6 heteroatoms. The fraction of sp³-hybridized carbons (Fsp3) is 0.750. The van der Waals surface area contributed by atoms with Crippen molar-refractivity contribution in [2.24, 2.45) is 0 Å². The molecular formula is C4H6ClNO4. The minimum atomic E-state index is -0.636. The zero-order valence-corrected chi connectivity index (χ0v) is 5.84. The molecule has 0 atom stereocenters. The van der Waals surface area contributed by atoms with Crippen molar-refractivity contribution < 1.29 is 14.0 Å². The zero-order valence-electron chi connectivity index (χ0n) is 5.08. The lowest BCUT2D eigenvalue weighted by atomic mass is 10.3. The fourth-order valence-corrected chi connectivity index (χ4v) is 0.468. The lowest BCUT2D eigenvalue weighted by molar-refractivity contribution is -0.480. The second-order valence-corrected chi connectivity index (χ2v) is 1.76. The van der Waals surface area contributed by atoms with Gasteiger partial charge in [0.15, 0.2) is 0 Å². The number of nitro groups is 1. The van der Waals surface area contributed by atoms with Crippen molar-refractivity contribution in [3.63, 3.8) is 0 Å². The Morgan fingerprint density at radius 2 is 2.30 bits per heavy atom. The number of hydrogen-bond donors (Lipinski definition) is 0. The summed E-state index contributed by atoms with van der Waals surface area (Å²) in [7, 11) is 0. The van der Waals surface area contributed by atoms with Crippen molar-refractivity contribution in [2.75, 3.05) is 6.54 Å². The minimum Gasteiger partial charge on any atom is -0.348 e. The van der Waals surface area contributed by atoms with Crippen molar-refractivity contribution in [3.05, 3.63) is 10.1 Å². The van der Waals surface area contributed by atoms with E-state index < -0.39 is 10.9 Å². The molecule has 0 amide bonds. The summed E-state index contributed by atoms with van der Waals surface area (Å²) in [6.07, 6.45) is 0.156. The standard InChI is InChI=1S/C4H6ClNO4/c5-10-4(7)2-1-3-6(8)9/h1-3H2. The Kier molecular flexibility index (Phi) is 4.57. The van der Waals surface area contributed by atoms with Crippen LogP contribution in [0.3, 0.4) is 0 Å². The number of carbonyl (C=O) groups excluding carboxylic acids is 1. The topological polar surface area (TPSA) is 69.4 Å². The van der Waals surface area contributed by atoms with Crippen LogP contribution in [0, 0.1) is 10.1 Å². The summed E-state index contributed by atoms with van der Waals surface area (Å²) in [5, 5.41) is 9.69. The molecule has 0 aliphatic rings. The van der Waals surface area contributed by atoms with Crippen LogP contribution in [0.5, 0.6) is 0 Å². The summed E-state index contributed by atoms with van der Waals surface area (Å²) in [4.78, 5) is 19.4. The monoisotopic (exact) mass is 167 g/mol. The lowest BCUT2D eigenvalue weighted by Crippen LogP contribution is -2.04. The Balaban J connectivity index is 3.20. The third kappa shape index (κ3) is 5.30. The van der Waals surface area contributed by atoms with E-state index in [9.17, 15) is 14.9 Å². The van der Waals surface area contributed by atoms with Crippen LogP contribution in [0.25, 0.3) is 0 Å². The Hall–Kier alpha value is -0.840. The van der Waals surface area contributed by atoms with Gasteiger partial charge in [-0.25, -0.2) is 0 Å². The average molecular weight is 168 g/mol. The highest BCUT2D eigenvalue weighted by Crippen LogP contribution is 1.94. The molecule has 58 valence electrons. The van der Waals surface area contributed by atoms with E-state index in [0.717, 1.165) is 0 Å². The van der Waals surface area contributed by atoms with Gasteiger partial charge in [0.25, 0.3) is 0 Å². The first kappa shape index (κ1) is 9.16. The minimum absolute atomic E-state index is 0.00944. The molecule has 10 heavy (non-hydrogen) atoms. The van der Waals surface area contributed by atoms with Gasteiger partial charge in [0.1, 0.15) is 11.9 Å². The molecular weight excluding hydrogens is 162 g/mol. The predicted octanol–water partition coefficient (Wildman–Crippen LogP) is 0.740. The van der Waals surface area contributed by atoms with Gasteiger partial charge in [-0.05, 0) is 0 Å². The van der Waals surface area contributed by atoms with E-state index in [1.165, 1.54) is 0 Å². The molecule has 0 fully saturated rings. The van der Waals surface area contributed by atoms with Gasteiger partial charge >= 0.3 is 5.97 Å². The van der Waals surface area contributed by atoms with Crippen LogP contribution in [0.2, 0.25) is 0 Å². The SMILES string of the molecule is O=C(CCC[N+](=O)[O-])OCl. The molecule has 0 radical (unpaired) electrons. The first-order valence-electron chi connectivity index (χ1n) is 2.60. The van der Waals surface area contributed by atoms with E-state index in [2.05, 4.69) is 16.2 Å². The van der Waals surface area contributed by atoms with Crippen LogP contribution in [0.4, 0.5) is 0 Å². The Bertz CT molecular complexity index is 137. The van der Waals surface area contributed by atoms with Gasteiger partial charge in [-0.1, -0.05) is 0 Å². The molecule has 0 saturated heterocycles. The summed E-state index contributed by atoms with van der Waals surface area (Å²) >= 11 is 4.65. The van der Waals surface area contributed by atoms with Crippen LogP contribution in [0.15, 0.2) is 0 Å². The molecule has 0 aromatic rings. The Labute approximate surface area is 62.2 Å². The van der Waals surface area contributed by atoms with Gasteiger partial charge in [-0.15, -0.1) is 0 Å². The van der Waals surface area contributed by atoms with Crippen LogP contribution < -0.4 is 0 Å². The molecule has 0 bridgehead atoms. The molecule has 5 nitrogen and oxygen atoms in total. The predicted molar refractivity (Wildman–Crippen MR) is 33.0 cm³/mol. The van der Waals surface area contributed by atoms with Crippen molar-refractivity contribution in [2.45, 2.75) is 12.8 Å². The molecule has 0 unspecified atom stereocenters. The summed E-state index contributed by atoms with van der Waals surface area (Å²) in [6.45, 7) is -0.230. The van der Waals surface area contributed by atoms with Crippen molar-refractivity contribution in [1.29, 1.82) is 0 Å². The summed E-state index contributed by atoms with van der Waals surface area (Å²) in [6, 6.07) is 0. The zero-order chi connectivity index (χ0) is 7.98. The molecule has 0 heterocycles. The van der Waals surface area contributed by atoms with E-state index in [1.807, 2.05) is 0 Å². The van der Waals surface area contributed by atoms with Crippen molar-refractivity contribution in [1.82, 2.24) is 0 Å². The number of halogens is 1. The summed E-state index contributed by atoms with van der Waals surface area (Å²) in [5.74, 6) is -0.636. The van der Waals surface area contributed by atoms with Gasteiger partial charge in [-0.2, -0.15) is 0 Å². The smallest absolute Gasteiger partial charge is 0.325 e. The third-order valence-corrected chi connectivity index (χ3v) is 0.980. The molecule has 0 aliphatic carbocycles. The first-order chi connectivity index (χ1) is 4.66. The Morgan fingerprint density at radius 3 is 2.70 bits per heavy atom. The van der Waals surface area contributed by atoms with E-state index in [1.54, 1.807) is 0 Å². The second kappa shape index (κ2) is 4.99. The summed E-state index contributed by atoms with van der Waals surface area (Å²) < 4.78 is 3.74. The van der Waals surface area contributed by atoms with E-state index in [-0.39, 0.29) is 19.4 Å². The highest BCUT2D eigenvalue weighted by molar-refractivity contribution is 6.13. The van der Waals surface area contributed by atoms with E-state index in [4.69, 9.17) is 0 Å². The molecule has 0 saturated carbocycles. The van der Waals surface area contributed by atoms with Crippen LogP contribution in [0.1, 0.15) is 12.8 Å². The molecule has 0 aromatic heterocycles. The van der Waals surface area contributed by atoms with Crippen molar-refractivity contribution >= 4 is 17.8 Å². The van der Waals surface area contributed by atoms with Crippen LogP contribution >= 0.6 is 11.9 Å². The largest absolute Gasteiger partial charge is 0.348 e. The van der Waals surface area contributed by atoms with Crippen LogP contribution in [-0.4, -0.2) is 17.4 Å². The molecule has 0 N–H and O–H groups in total. The van der Waals surface area contributed by atoms with Crippen molar-refractivity contribution in [3.8, 4) is 0 Å². The number of nitrogens with zero attached hydrogens (tertiary/aromatic N) is 1. The molecule has 0 aromatic carbocycles. The van der Waals surface area contributed by atoms with Gasteiger partial charge in [0, 0.05) is 11.3 Å². The maximum absolute atomic E-state index is 10.2. The van der Waals surface area contributed by atoms with Gasteiger partial charge < -0.3 is 4.29 Å². The third-order valence-electron chi connectivity index (χ3n) is 0.808. The maximum Gasteiger partial charge on any atom is 0.325 e.